The molecule has 0 N–H and O–H groups in total. The number of rotatable bonds is 4. The molecule has 0 fully saturated rings. The molecule has 3 aromatic heterocycles. The van der Waals surface area contributed by atoms with Crippen molar-refractivity contribution < 1.29 is 0 Å². The van der Waals surface area contributed by atoms with Crippen LogP contribution in [0.15, 0.2) is 164 Å². The molecular formula is C43H27N5. The Balaban J connectivity index is 1.34. The average Bonchev–Trinajstić information content (AvgIpc) is 3.74. The third-order valence-corrected chi connectivity index (χ3v) is 9.40. The second kappa shape index (κ2) is 10.5. The minimum absolute atomic E-state index is 0.630. The summed E-state index contributed by atoms with van der Waals surface area (Å²) >= 11 is 0. The molecule has 0 amide bonds. The predicted molar refractivity (Wildman–Crippen MR) is 197 cm³/mol. The van der Waals surface area contributed by atoms with Crippen LogP contribution in [0, 0.1) is 0 Å². The van der Waals surface area contributed by atoms with Crippen molar-refractivity contribution in [1.82, 2.24) is 24.3 Å². The lowest BCUT2D eigenvalue weighted by atomic mass is 9.99. The van der Waals surface area contributed by atoms with Crippen molar-refractivity contribution in [3.8, 4) is 34.2 Å². The lowest BCUT2D eigenvalue weighted by Crippen LogP contribution is -2.04. The van der Waals surface area contributed by atoms with Crippen LogP contribution in [0.1, 0.15) is 0 Å². The van der Waals surface area contributed by atoms with Crippen LogP contribution in [0.4, 0.5) is 0 Å². The Labute approximate surface area is 276 Å². The highest BCUT2D eigenvalue weighted by Crippen LogP contribution is 2.40. The van der Waals surface area contributed by atoms with Gasteiger partial charge in [0.05, 0.1) is 39.8 Å². The van der Waals surface area contributed by atoms with Gasteiger partial charge in [0.25, 0.3) is 0 Å². The third-order valence-electron chi connectivity index (χ3n) is 9.40. The van der Waals surface area contributed by atoms with Crippen molar-refractivity contribution in [1.29, 1.82) is 0 Å². The summed E-state index contributed by atoms with van der Waals surface area (Å²) in [6.45, 7) is 0. The Bertz CT molecular complexity index is 2760. The number of benzene rings is 7. The summed E-state index contributed by atoms with van der Waals surface area (Å²) in [5.74, 6) is 0.630. The summed E-state index contributed by atoms with van der Waals surface area (Å²) < 4.78 is 4.26. The van der Waals surface area contributed by atoms with Gasteiger partial charge in [0.1, 0.15) is 0 Å². The van der Waals surface area contributed by atoms with Crippen LogP contribution in [0.5, 0.6) is 0 Å². The van der Waals surface area contributed by atoms with E-state index in [2.05, 4.69) is 132 Å². The van der Waals surface area contributed by atoms with E-state index in [0.29, 0.717) is 5.95 Å². The summed E-state index contributed by atoms with van der Waals surface area (Å²) in [4.78, 5) is 10.5. The first-order chi connectivity index (χ1) is 23.8. The van der Waals surface area contributed by atoms with Crippen LogP contribution in [0.2, 0.25) is 0 Å². The molecule has 0 aliphatic rings. The maximum absolute atomic E-state index is 5.27. The van der Waals surface area contributed by atoms with E-state index in [1.807, 2.05) is 41.2 Å². The van der Waals surface area contributed by atoms with E-state index in [9.17, 15) is 0 Å². The summed E-state index contributed by atoms with van der Waals surface area (Å²) in [5, 5.41) is 13.1. The minimum atomic E-state index is 0.630. The van der Waals surface area contributed by atoms with Gasteiger partial charge < -0.3 is 0 Å². The quantitative estimate of drug-likeness (QED) is 0.186. The zero-order valence-electron chi connectivity index (χ0n) is 25.8. The number of fused-ring (bicyclic) bond motifs is 8. The summed E-state index contributed by atoms with van der Waals surface area (Å²) in [6, 6.07) is 55.1. The molecule has 7 aromatic carbocycles. The van der Waals surface area contributed by atoms with Gasteiger partial charge in [-0.1, -0.05) is 115 Å². The van der Waals surface area contributed by atoms with Gasteiger partial charge in [-0.05, 0) is 64.0 Å². The summed E-state index contributed by atoms with van der Waals surface area (Å²) in [7, 11) is 0. The number of nitrogens with zero attached hydrogens (tertiary/aromatic N) is 5. The molecule has 0 saturated heterocycles. The first-order valence-electron chi connectivity index (χ1n) is 16.1. The van der Waals surface area contributed by atoms with Crippen molar-refractivity contribution in [3.63, 3.8) is 0 Å². The van der Waals surface area contributed by atoms with Gasteiger partial charge >= 0.3 is 0 Å². The highest BCUT2D eigenvalue weighted by atomic mass is 15.3. The highest BCUT2D eigenvalue weighted by Gasteiger charge is 2.21. The molecule has 5 nitrogen and oxygen atoms in total. The van der Waals surface area contributed by atoms with Crippen molar-refractivity contribution in [2.75, 3.05) is 0 Å². The fourth-order valence-electron chi connectivity index (χ4n) is 7.16. The Hall–Kier alpha value is -6.59. The number of hydrogen-bond donors (Lipinski definition) is 0. The molecule has 0 atom stereocenters. The van der Waals surface area contributed by atoms with Gasteiger partial charge in [-0.15, -0.1) is 0 Å². The topological polar surface area (TPSA) is 48.5 Å². The van der Waals surface area contributed by atoms with E-state index >= 15 is 0 Å². The zero-order chi connectivity index (χ0) is 31.6. The molecule has 0 unspecified atom stereocenters. The molecule has 5 heteroatoms. The summed E-state index contributed by atoms with van der Waals surface area (Å²) in [6.07, 6.45) is 2.00. The highest BCUT2D eigenvalue weighted by molar-refractivity contribution is 6.24. The van der Waals surface area contributed by atoms with E-state index in [1.165, 1.54) is 21.5 Å². The van der Waals surface area contributed by atoms with Crippen LogP contribution >= 0.6 is 0 Å². The van der Waals surface area contributed by atoms with Crippen LogP contribution in [-0.4, -0.2) is 24.3 Å². The molecule has 3 heterocycles. The van der Waals surface area contributed by atoms with Crippen LogP contribution in [0.25, 0.3) is 88.4 Å². The number of aromatic nitrogens is 5. The first kappa shape index (κ1) is 26.6. The SMILES string of the molecule is c1ccc(-c2cc(-c3ccccc3)nc(-n3c4cc5ccc6ccccc6c5cc4c4c5cnn(-c6ccccc6)c5ccc43)n2)cc1. The lowest BCUT2D eigenvalue weighted by Gasteiger charge is -2.12. The Kier molecular flexibility index (Phi) is 5.81. The average molecular weight is 614 g/mol. The fraction of sp³-hybridized carbons (Fsp3) is 0. The maximum atomic E-state index is 5.27. The van der Waals surface area contributed by atoms with Gasteiger partial charge in [0, 0.05) is 27.3 Å². The Morgan fingerprint density at radius 2 is 1.04 bits per heavy atom. The van der Waals surface area contributed by atoms with Crippen LogP contribution in [-0.2, 0) is 0 Å². The Morgan fingerprint density at radius 1 is 0.417 bits per heavy atom. The zero-order valence-corrected chi connectivity index (χ0v) is 25.8. The normalized spacial score (nSPS) is 11.8. The molecule has 0 saturated carbocycles. The van der Waals surface area contributed by atoms with E-state index in [4.69, 9.17) is 15.1 Å². The van der Waals surface area contributed by atoms with E-state index in [-0.39, 0.29) is 0 Å². The van der Waals surface area contributed by atoms with Gasteiger partial charge in [-0.3, -0.25) is 4.57 Å². The first-order valence-corrected chi connectivity index (χ1v) is 16.1. The molecule has 10 aromatic rings. The van der Waals surface area contributed by atoms with Gasteiger partial charge in [-0.25, -0.2) is 14.6 Å². The second-order valence-corrected chi connectivity index (χ2v) is 12.2. The van der Waals surface area contributed by atoms with Crippen molar-refractivity contribution in [2.45, 2.75) is 0 Å². The Morgan fingerprint density at radius 3 is 1.77 bits per heavy atom. The summed E-state index contributed by atoms with van der Waals surface area (Å²) in [5.41, 5.74) is 8.00. The van der Waals surface area contributed by atoms with E-state index in [1.54, 1.807) is 0 Å². The van der Waals surface area contributed by atoms with E-state index in [0.717, 1.165) is 60.9 Å². The number of hydrogen-bond acceptors (Lipinski definition) is 3. The molecule has 0 radical (unpaired) electrons. The van der Waals surface area contributed by atoms with Crippen molar-refractivity contribution in [2.24, 2.45) is 0 Å². The largest absolute Gasteiger partial charge is 0.278 e. The molecule has 0 aliphatic carbocycles. The van der Waals surface area contributed by atoms with Gasteiger partial charge in [-0.2, -0.15) is 5.10 Å². The minimum Gasteiger partial charge on any atom is -0.278 e. The van der Waals surface area contributed by atoms with Crippen molar-refractivity contribution >= 4 is 54.3 Å². The van der Waals surface area contributed by atoms with Crippen LogP contribution < -0.4 is 0 Å². The molecular weight excluding hydrogens is 587 g/mol. The molecule has 224 valence electrons. The third kappa shape index (κ3) is 4.08. The molecule has 0 aliphatic heterocycles. The van der Waals surface area contributed by atoms with Gasteiger partial charge in [0.2, 0.25) is 5.95 Å². The van der Waals surface area contributed by atoms with Gasteiger partial charge in [0.15, 0.2) is 0 Å². The second-order valence-electron chi connectivity index (χ2n) is 12.2. The molecule has 0 bridgehead atoms. The van der Waals surface area contributed by atoms with E-state index < -0.39 is 0 Å². The molecule has 10 rings (SSSR count). The monoisotopic (exact) mass is 613 g/mol. The lowest BCUT2D eigenvalue weighted by molar-refractivity contribution is 0.911. The maximum Gasteiger partial charge on any atom is 0.235 e. The fourth-order valence-corrected chi connectivity index (χ4v) is 7.16. The van der Waals surface area contributed by atoms with Crippen molar-refractivity contribution in [3.05, 3.63) is 164 Å². The van der Waals surface area contributed by atoms with Crippen LogP contribution in [0.3, 0.4) is 0 Å². The standard InChI is InChI=1S/C43H27N5/c1-4-13-29(14-5-1)37-26-38(30-15-6-2-7-16-30)46-43(45-37)47-40-23-22-39-36(27-44-48(39)32-17-8-3-9-18-32)42(40)35-25-34-31(24-41(35)47)21-20-28-12-10-11-19-33(28)34/h1-27H. The smallest absolute Gasteiger partial charge is 0.235 e. The predicted octanol–water partition coefficient (Wildman–Crippen LogP) is 10.6. The number of para-hydroxylation sites is 1. The molecule has 48 heavy (non-hydrogen) atoms. The molecule has 0 spiro atoms.